The summed E-state index contributed by atoms with van der Waals surface area (Å²) < 4.78 is 5.40. The van der Waals surface area contributed by atoms with E-state index in [1.54, 1.807) is 23.3 Å². The molecule has 0 saturated carbocycles. The normalized spacial score (nSPS) is 20.4. The smallest absolute Gasteiger partial charge is 0.341 e. The van der Waals surface area contributed by atoms with Gasteiger partial charge in [-0.2, -0.15) is 11.3 Å². The van der Waals surface area contributed by atoms with Crippen LogP contribution < -0.4 is 5.48 Å². The third-order valence-corrected chi connectivity index (χ3v) is 4.24. The summed E-state index contributed by atoms with van der Waals surface area (Å²) in [5, 5.41) is 4.15. The fourth-order valence-electron chi connectivity index (χ4n) is 2.08. The van der Waals surface area contributed by atoms with Gasteiger partial charge in [0, 0.05) is 26.1 Å². The summed E-state index contributed by atoms with van der Waals surface area (Å²) in [6, 6.07) is 1.96. The van der Waals surface area contributed by atoms with Gasteiger partial charge in [-0.3, -0.25) is 0 Å². The van der Waals surface area contributed by atoms with Gasteiger partial charge in [-0.25, -0.2) is 15.1 Å². The minimum atomic E-state index is -0.312. The van der Waals surface area contributed by atoms with Gasteiger partial charge in [0.1, 0.15) is 0 Å². The molecule has 6 heteroatoms. The summed E-state index contributed by atoms with van der Waals surface area (Å²) in [6.45, 7) is 2.72. The second kappa shape index (κ2) is 7.61. The predicted octanol–water partition coefficient (Wildman–Crippen LogP) is 2.78. The number of nitrogens with zero attached hydrogens (tertiary/aromatic N) is 1. The molecule has 1 aliphatic heterocycles. The number of urea groups is 1. The Hall–Kier alpha value is -1.11. The van der Waals surface area contributed by atoms with Crippen molar-refractivity contribution in [2.24, 2.45) is 0 Å². The molecule has 0 aromatic carbocycles. The first-order chi connectivity index (χ1) is 9.66. The number of hydrogen-bond donors (Lipinski definition) is 1. The molecule has 0 spiro atoms. The van der Waals surface area contributed by atoms with Crippen LogP contribution >= 0.6 is 11.3 Å². The lowest BCUT2D eigenvalue weighted by atomic mass is 10.1. The SMILES string of the molecule is C[C@@H](Cc1ccsc1)N(C)C(=O)NO[C@H]1CCCCO1. The molecule has 2 heterocycles. The number of rotatable bonds is 5. The van der Waals surface area contributed by atoms with Crippen molar-refractivity contribution in [3.05, 3.63) is 22.4 Å². The first-order valence-corrected chi connectivity index (χ1v) is 7.92. The van der Waals surface area contributed by atoms with Crippen LogP contribution in [0.1, 0.15) is 31.7 Å². The summed E-state index contributed by atoms with van der Waals surface area (Å²) in [6.07, 6.45) is 3.49. The average molecular weight is 298 g/mol. The zero-order valence-electron chi connectivity index (χ0n) is 12.0. The molecule has 112 valence electrons. The molecule has 2 atom stereocenters. The van der Waals surface area contributed by atoms with Crippen molar-refractivity contribution in [3.8, 4) is 0 Å². The van der Waals surface area contributed by atoms with Gasteiger partial charge >= 0.3 is 6.03 Å². The highest BCUT2D eigenvalue weighted by Gasteiger charge is 2.19. The highest BCUT2D eigenvalue weighted by atomic mass is 32.1. The summed E-state index contributed by atoms with van der Waals surface area (Å²) in [5.41, 5.74) is 3.73. The lowest BCUT2D eigenvalue weighted by Crippen LogP contribution is -2.45. The second-order valence-electron chi connectivity index (χ2n) is 5.12. The number of carbonyl (C=O) groups excluding carboxylic acids is 1. The van der Waals surface area contributed by atoms with E-state index in [9.17, 15) is 4.79 Å². The van der Waals surface area contributed by atoms with Crippen LogP contribution in [0.25, 0.3) is 0 Å². The number of carbonyl (C=O) groups is 1. The van der Waals surface area contributed by atoms with Crippen LogP contribution in [-0.4, -0.2) is 36.9 Å². The van der Waals surface area contributed by atoms with Crippen LogP contribution in [-0.2, 0) is 16.0 Å². The van der Waals surface area contributed by atoms with E-state index < -0.39 is 0 Å². The molecule has 2 amide bonds. The molecule has 1 saturated heterocycles. The Morgan fingerprint density at radius 3 is 3.15 bits per heavy atom. The number of hydrogen-bond acceptors (Lipinski definition) is 4. The van der Waals surface area contributed by atoms with Crippen molar-refractivity contribution >= 4 is 17.4 Å². The number of likely N-dealkylation sites (N-methyl/N-ethyl adjacent to an activating group) is 1. The quantitative estimate of drug-likeness (QED) is 0.850. The highest BCUT2D eigenvalue weighted by Crippen LogP contribution is 2.13. The van der Waals surface area contributed by atoms with Crippen molar-refractivity contribution in [2.45, 2.75) is 44.9 Å². The molecule has 0 aliphatic carbocycles. The molecule has 20 heavy (non-hydrogen) atoms. The maximum absolute atomic E-state index is 12.0. The van der Waals surface area contributed by atoms with Gasteiger partial charge in [-0.1, -0.05) is 0 Å². The lowest BCUT2D eigenvalue weighted by molar-refractivity contribution is -0.187. The van der Waals surface area contributed by atoms with Crippen molar-refractivity contribution in [3.63, 3.8) is 0 Å². The minimum Gasteiger partial charge on any atom is -0.350 e. The first kappa shape index (κ1) is 15.3. The molecule has 1 N–H and O–H groups in total. The molecule has 2 rings (SSSR count). The largest absolute Gasteiger partial charge is 0.350 e. The van der Waals surface area contributed by atoms with Gasteiger partial charge in [0.25, 0.3) is 0 Å². The van der Waals surface area contributed by atoms with E-state index >= 15 is 0 Å². The molecule has 1 aliphatic rings. The third-order valence-electron chi connectivity index (χ3n) is 3.51. The summed E-state index contributed by atoms with van der Waals surface area (Å²) in [5.74, 6) is 0. The minimum absolute atomic E-state index is 0.112. The number of ether oxygens (including phenoxy) is 1. The van der Waals surface area contributed by atoms with Crippen LogP contribution in [0.5, 0.6) is 0 Å². The third kappa shape index (κ3) is 4.47. The van der Waals surface area contributed by atoms with Crippen molar-refractivity contribution in [1.29, 1.82) is 0 Å². The zero-order chi connectivity index (χ0) is 14.4. The standard InChI is InChI=1S/C14H22N2O3S/c1-11(9-12-6-8-20-10-12)16(2)14(17)15-19-13-5-3-4-7-18-13/h6,8,10-11,13H,3-5,7,9H2,1-2H3,(H,15,17)/t11-,13-/m0/s1. The van der Waals surface area contributed by atoms with Gasteiger partial charge in [0.05, 0.1) is 0 Å². The van der Waals surface area contributed by atoms with Gasteiger partial charge in [-0.05, 0) is 48.6 Å². The maximum Gasteiger partial charge on any atom is 0.341 e. The molecule has 1 aromatic heterocycles. The number of hydroxylamine groups is 1. The fraction of sp³-hybridized carbons (Fsp3) is 0.643. The van der Waals surface area contributed by atoms with E-state index in [0.717, 1.165) is 25.7 Å². The maximum atomic E-state index is 12.0. The molecule has 0 unspecified atom stereocenters. The molecule has 1 aromatic rings. The van der Waals surface area contributed by atoms with E-state index in [1.807, 2.05) is 12.3 Å². The Morgan fingerprint density at radius 2 is 2.50 bits per heavy atom. The van der Waals surface area contributed by atoms with Crippen molar-refractivity contribution in [2.75, 3.05) is 13.7 Å². The Morgan fingerprint density at radius 1 is 1.65 bits per heavy atom. The van der Waals surface area contributed by atoms with Crippen LogP contribution in [0.2, 0.25) is 0 Å². The number of amides is 2. The Bertz CT molecular complexity index is 405. The molecular weight excluding hydrogens is 276 g/mol. The van der Waals surface area contributed by atoms with E-state index in [0.29, 0.717) is 6.61 Å². The van der Waals surface area contributed by atoms with Crippen molar-refractivity contribution in [1.82, 2.24) is 10.4 Å². The Labute approximate surface area is 123 Å². The Kier molecular flexibility index (Phi) is 5.82. The van der Waals surface area contributed by atoms with Gasteiger partial charge in [-0.15, -0.1) is 0 Å². The second-order valence-corrected chi connectivity index (χ2v) is 5.90. The number of nitrogens with one attached hydrogen (secondary N) is 1. The van der Waals surface area contributed by atoms with Crippen LogP contribution in [0.3, 0.4) is 0 Å². The van der Waals surface area contributed by atoms with Gasteiger partial charge in [0.2, 0.25) is 0 Å². The monoisotopic (exact) mass is 298 g/mol. The van der Waals surface area contributed by atoms with Gasteiger partial charge in [0.15, 0.2) is 6.29 Å². The molecular formula is C14H22N2O3S. The van der Waals surface area contributed by atoms with E-state index in [4.69, 9.17) is 9.57 Å². The van der Waals surface area contributed by atoms with Gasteiger partial charge < -0.3 is 9.64 Å². The topological polar surface area (TPSA) is 50.8 Å². The summed E-state index contributed by atoms with van der Waals surface area (Å²) >= 11 is 1.67. The molecule has 5 nitrogen and oxygen atoms in total. The van der Waals surface area contributed by atoms with E-state index in [1.165, 1.54) is 5.56 Å². The molecule has 0 radical (unpaired) electrons. The van der Waals surface area contributed by atoms with E-state index in [-0.39, 0.29) is 18.4 Å². The van der Waals surface area contributed by atoms with E-state index in [2.05, 4.69) is 16.9 Å². The first-order valence-electron chi connectivity index (χ1n) is 6.98. The molecule has 0 bridgehead atoms. The average Bonchev–Trinajstić information content (AvgIpc) is 2.98. The lowest BCUT2D eigenvalue weighted by Gasteiger charge is -2.27. The van der Waals surface area contributed by atoms with Crippen LogP contribution in [0.4, 0.5) is 4.79 Å². The summed E-state index contributed by atoms with van der Waals surface area (Å²) in [7, 11) is 1.78. The Balaban J connectivity index is 1.73. The van der Waals surface area contributed by atoms with Crippen molar-refractivity contribution < 1.29 is 14.4 Å². The zero-order valence-corrected chi connectivity index (χ0v) is 12.8. The van der Waals surface area contributed by atoms with Crippen LogP contribution in [0, 0.1) is 0 Å². The fourth-order valence-corrected chi connectivity index (χ4v) is 2.76. The predicted molar refractivity (Wildman–Crippen MR) is 78.5 cm³/mol. The number of thiophene rings is 1. The highest BCUT2D eigenvalue weighted by molar-refractivity contribution is 7.07. The van der Waals surface area contributed by atoms with Crippen LogP contribution in [0.15, 0.2) is 16.8 Å². The molecule has 1 fully saturated rings. The summed E-state index contributed by atoms with van der Waals surface area (Å²) in [4.78, 5) is 18.9.